The van der Waals surface area contributed by atoms with Gasteiger partial charge in [-0.25, -0.2) is 17.6 Å². The maximum Gasteiger partial charge on any atom is 0.319 e. The molecule has 3 aliphatic rings. The summed E-state index contributed by atoms with van der Waals surface area (Å²) < 4.78 is 77.3. The number of carboxylic acid groups (broad SMARTS) is 1. The normalized spacial score (nSPS) is 19.3. The number of rotatable bonds is 7. The molecule has 0 unspecified atom stereocenters. The lowest BCUT2D eigenvalue weighted by Crippen LogP contribution is -2.43. The van der Waals surface area contributed by atoms with Crippen LogP contribution in [0.2, 0.25) is 0 Å². The molecule has 2 atom stereocenters. The van der Waals surface area contributed by atoms with E-state index in [1.807, 2.05) is 0 Å². The van der Waals surface area contributed by atoms with E-state index in [4.69, 9.17) is 36.5 Å². The lowest BCUT2D eigenvalue weighted by Gasteiger charge is -2.31. The number of hydrogen-bond acceptors (Lipinski definition) is 10. The molecule has 13 nitrogen and oxygen atoms in total. The van der Waals surface area contributed by atoms with Gasteiger partial charge in [-0.1, -0.05) is 12.0 Å². The van der Waals surface area contributed by atoms with Gasteiger partial charge in [0.25, 0.3) is 12.4 Å². The van der Waals surface area contributed by atoms with Crippen molar-refractivity contribution in [1.82, 2.24) is 24.6 Å². The first-order valence-corrected chi connectivity index (χ1v) is 17.3. The SMILES string of the molecule is C#Cc1c(F)ccc2cc(O)cc(-c3c(F)c(OC)c4c(N5CCCn6nc(C(N)=O)cc6C5)nc(OC[C@@]56CCCN5C[C@H](F)C6)nc4c3F)c12.O=CO. The highest BCUT2D eigenvalue weighted by molar-refractivity contribution is 6.06. The molecule has 5 aromatic rings. The Morgan fingerprint density at radius 3 is 2.64 bits per heavy atom. The number of alkyl halides is 1. The largest absolute Gasteiger partial charge is 0.508 e. The predicted molar refractivity (Wildman–Crippen MR) is 192 cm³/mol. The number of phenols is 1. The predicted octanol–water partition coefficient (Wildman–Crippen LogP) is 4.92. The molecule has 55 heavy (non-hydrogen) atoms. The van der Waals surface area contributed by atoms with E-state index in [0.29, 0.717) is 31.6 Å². The summed E-state index contributed by atoms with van der Waals surface area (Å²) in [6, 6.07) is 6.17. The van der Waals surface area contributed by atoms with Crippen LogP contribution in [0.3, 0.4) is 0 Å². The Morgan fingerprint density at radius 2 is 1.91 bits per heavy atom. The lowest BCUT2D eigenvalue weighted by atomic mass is 9.92. The van der Waals surface area contributed by atoms with Gasteiger partial charge in [0.1, 0.15) is 41.4 Å². The van der Waals surface area contributed by atoms with E-state index in [0.717, 1.165) is 25.1 Å². The summed E-state index contributed by atoms with van der Waals surface area (Å²) in [6.45, 7) is 1.67. The number of primary amides is 1. The first kappa shape index (κ1) is 37.2. The van der Waals surface area contributed by atoms with Crippen LogP contribution in [-0.4, -0.2) is 92.3 Å². The number of carbonyl (C=O) groups is 2. The molecule has 2 aromatic heterocycles. The fourth-order valence-electron chi connectivity index (χ4n) is 8.13. The average molecular weight is 762 g/mol. The van der Waals surface area contributed by atoms with Crippen LogP contribution in [0, 0.1) is 29.8 Å². The maximum atomic E-state index is 17.3. The zero-order valence-corrected chi connectivity index (χ0v) is 29.5. The summed E-state index contributed by atoms with van der Waals surface area (Å²) in [6.07, 6.45) is 6.98. The number of aromatic hydroxyl groups is 1. The second-order valence-corrected chi connectivity index (χ2v) is 13.6. The van der Waals surface area contributed by atoms with E-state index in [2.05, 4.69) is 20.9 Å². The van der Waals surface area contributed by atoms with Gasteiger partial charge in [0.05, 0.1) is 41.4 Å². The molecule has 3 aromatic carbocycles. The Balaban J connectivity index is 0.00000150. The number of fused-ring (bicyclic) bond motifs is 4. The van der Waals surface area contributed by atoms with Crippen LogP contribution in [0.1, 0.15) is 47.4 Å². The van der Waals surface area contributed by atoms with Gasteiger partial charge in [-0.3, -0.25) is 19.2 Å². The quantitative estimate of drug-likeness (QED) is 0.117. The number of aromatic nitrogens is 4. The third-order valence-electron chi connectivity index (χ3n) is 10.4. The standard InChI is InChI=1S/C37H33F4N7O4.CH2O2/c1-3-23-25(39)7-6-19-12-22(49)14-24(27(19)23)28-30(40)32-29(33(51-2)31(28)41)35(46-9-5-11-48-21(17-46)13-26(45-48)34(42)50)44-36(43-32)52-18-37-8-4-10-47(37)16-20(38)15-37;2-1-3/h1,6-7,12-14,20,49H,4-5,8-11,15-18H2,2H3,(H2,42,50);1H,(H,2,3)/t20-,37+;/m1./s1. The van der Waals surface area contributed by atoms with E-state index < -0.39 is 46.4 Å². The molecule has 0 saturated carbocycles. The number of nitrogens with zero attached hydrogens (tertiary/aromatic N) is 6. The molecule has 17 heteroatoms. The Kier molecular flexibility index (Phi) is 9.86. The van der Waals surface area contributed by atoms with Crippen LogP contribution >= 0.6 is 0 Å². The summed E-state index contributed by atoms with van der Waals surface area (Å²) in [5.41, 5.74) is 4.06. The Labute approximate surface area is 311 Å². The number of phenolic OH excluding ortho intramolecular Hbond substituents is 1. The first-order valence-electron chi connectivity index (χ1n) is 17.3. The minimum Gasteiger partial charge on any atom is -0.508 e. The van der Waals surface area contributed by atoms with Gasteiger partial charge < -0.3 is 30.3 Å². The van der Waals surface area contributed by atoms with Gasteiger partial charge >= 0.3 is 6.01 Å². The number of hydrogen-bond donors (Lipinski definition) is 3. The number of amides is 1. The van der Waals surface area contributed by atoms with Gasteiger partial charge in [0.2, 0.25) is 0 Å². The van der Waals surface area contributed by atoms with Crippen LogP contribution in [0.4, 0.5) is 23.4 Å². The molecular formula is C38H35F4N7O6. The molecule has 2 saturated heterocycles. The highest BCUT2D eigenvalue weighted by atomic mass is 19.1. The van der Waals surface area contributed by atoms with Crippen LogP contribution in [0.15, 0.2) is 30.3 Å². The number of nitrogens with two attached hydrogens (primary N) is 1. The summed E-state index contributed by atoms with van der Waals surface area (Å²) in [7, 11) is 1.21. The van der Waals surface area contributed by atoms with Gasteiger partial charge in [0.15, 0.2) is 17.4 Å². The van der Waals surface area contributed by atoms with Crippen molar-refractivity contribution in [2.75, 3.05) is 38.3 Å². The van der Waals surface area contributed by atoms with Crippen molar-refractivity contribution in [2.45, 2.75) is 50.5 Å². The smallest absolute Gasteiger partial charge is 0.319 e. The number of carbonyl (C=O) groups excluding carboxylic acids is 1. The summed E-state index contributed by atoms with van der Waals surface area (Å²) >= 11 is 0. The van der Waals surface area contributed by atoms with E-state index >= 15 is 13.2 Å². The van der Waals surface area contributed by atoms with Crippen LogP contribution in [0.25, 0.3) is 32.8 Å². The second kappa shape index (κ2) is 14.6. The number of anilines is 1. The number of halogens is 4. The van der Waals surface area contributed by atoms with Gasteiger partial charge in [0, 0.05) is 37.0 Å². The van der Waals surface area contributed by atoms with Crippen molar-refractivity contribution in [3.63, 3.8) is 0 Å². The van der Waals surface area contributed by atoms with Crippen LogP contribution in [-0.2, 0) is 17.9 Å². The van der Waals surface area contributed by atoms with Crippen LogP contribution < -0.4 is 20.1 Å². The Bertz CT molecular complexity index is 2400. The molecule has 0 aliphatic carbocycles. The third kappa shape index (κ3) is 6.45. The van der Waals surface area contributed by atoms with Gasteiger partial charge in [-0.15, -0.1) is 6.42 Å². The summed E-state index contributed by atoms with van der Waals surface area (Å²) in [5, 5.41) is 22.0. The fraction of sp³-hybridized carbons (Fsp3) is 0.342. The Morgan fingerprint density at radius 1 is 1.13 bits per heavy atom. The highest BCUT2D eigenvalue weighted by Gasteiger charge is 2.49. The number of benzene rings is 3. The number of terminal acetylenes is 1. The second-order valence-electron chi connectivity index (χ2n) is 13.6. The van der Waals surface area contributed by atoms with Crippen molar-refractivity contribution in [3.8, 4) is 41.0 Å². The minimum absolute atomic E-state index is 0.00118. The molecule has 1 amide bonds. The number of methoxy groups -OCH3 is 1. The van der Waals surface area contributed by atoms with E-state index in [1.54, 1.807) is 15.6 Å². The molecule has 0 spiro atoms. The van der Waals surface area contributed by atoms with Gasteiger partial charge in [-0.2, -0.15) is 15.1 Å². The molecule has 4 N–H and O–H groups in total. The number of aryl methyl sites for hydroxylation is 1. The zero-order valence-electron chi connectivity index (χ0n) is 29.5. The summed E-state index contributed by atoms with van der Waals surface area (Å²) in [4.78, 5) is 33.3. The molecule has 8 rings (SSSR count). The van der Waals surface area contributed by atoms with Crippen molar-refractivity contribution in [2.24, 2.45) is 5.73 Å². The zero-order chi connectivity index (χ0) is 39.2. The topological polar surface area (TPSA) is 169 Å². The molecule has 286 valence electrons. The minimum atomic E-state index is -1.17. The van der Waals surface area contributed by atoms with Crippen molar-refractivity contribution < 1.29 is 46.8 Å². The van der Waals surface area contributed by atoms with Crippen molar-refractivity contribution >= 4 is 39.9 Å². The average Bonchev–Trinajstić information content (AvgIpc) is 3.78. The maximum absolute atomic E-state index is 17.3. The van der Waals surface area contributed by atoms with Crippen LogP contribution in [0.5, 0.6) is 17.5 Å². The number of ether oxygens (including phenoxy) is 2. The van der Waals surface area contributed by atoms with Crippen molar-refractivity contribution in [3.05, 3.63) is 64.7 Å². The van der Waals surface area contributed by atoms with E-state index in [-0.39, 0.29) is 88.7 Å². The lowest BCUT2D eigenvalue weighted by molar-refractivity contribution is -0.122. The molecular weight excluding hydrogens is 726 g/mol. The highest BCUT2D eigenvalue weighted by Crippen LogP contribution is 2.47. The summed E-state index contributed by atoms with van der Waals surface area (Å²) in [5.74, 6) is -2.25. The Hall–Kier alpha value is -6.15. The fourth-order valence-corrected chi connectivity index (χ4v) is 8.13. The molecule has 2 fully saturated rings. The monoisotopic (exact) mass is 761 g/mol. The van der Waals surface area contributed by atoms with Gasteiger partial charge in [-0.05, 0) is 55.5 Å². The van der Waals surface area contributed by atoms with E-state index in [1.165, 1.54) is 19.2 Å². The third-order valence-corrected chi connectivity index (χ3v) is 10.4. The van der Waals surface area contributed by atoms with E-state index in [9.17, 15) is 14.3 Å². The molecule has 5 heterocycles. The molecule has 3 aliphatic heterocycles. The molecule has 0 radical (unpaired) electrons. The first-order chi connectivity index (χ1) is 26.4. The molecule has 0 bridgehead atoms. The van der Waals surface area contributed by atoms with Crippen molar-refractivity contribution in [1.29, 1.82) is 0 Å².